The lowest BCUT2D eigenvalue weighted by Gasteiger charge is -2.25. The molecule has 144 valence electrons. The van der Waals surface area contributed by atoms with Gasteiger partial charge in [0.1, 0.15) is 5.82 Å². The van der Waals surface area contributed by atoms with Crippen molar-refractivity contribution in [2.24, 2.45) is 0 Å². The molecule has 4 rings (SSSR count). The first-order chi connectivity index (χ1) is 13.6. The largest absolute Gasteiger partial charge is 0.338 e. The van der Waals surface area contributed by atoms with E-state index in [0.717, 1.165) is 42.8 Å². The van der Waals surface area contributed by atoms with E-state index in [9.17, 15) is 9.18 Å². The molecule has 1 atom stereocenters. The van der Waals surface area contributed by atoms with Gasteiger partial charge >= 0.3 is 0 Å². The molecule has 0 bridgehead atoms. The van der Waals surface area contributed by atoms with E-state index in [-0.39, 0.29) is 17.6 Å². The minimum absolute atomic E-state index is 0.0219. The molecule has 0 saturated carbocycles. The van der Waals surface area contributed by atoms with E-state index in [2.05, 4.69) is 5.10 Å². The zero-order valence-corrected chi connectivity index (χ0v) is 16.0. The molecule has 3 aromatic rings. The third kappa shape index (κ3) is 3.70. The van der Waals surface area contributed by atoms with Crippen molar-refractivity contribution in [1.29, 1.82) is 0 Å². The summed E-state index contributed by atoms with van der Waals surface area (Å²) in [6.07, 6.45) is 4.73. The van der Waals surface area contributed by atoms with Crippen molar-refractivity contribution < 1.29 is 9.18 Å². The lowest BCUT2D eigenvalue weighted by atomic mass is 9.94. The van der Waals surface area contributed by atoms with E-state index in [1.807, 2.05) is 59.0 Å². The fourth-order valence-corrected chi connectivity index (χ4v) is 3.95. The molecule has 0 N–H and O–H groups in total. The van der Waals surface area contributed by atoms with Crippen LogP contribution < -0.4 is 0 Å². The summed E-state index contributed by atoms with van der Waals surface area (Å²) in [7, 11) is 0. The van der Waals surface area contributed by atoms with Crippen LogP contribution in [0.2, 0.25) is 0 Å². The van der Waals surface area contributed by atoms with Crippen molar-refractivity contribution in [3.8, 4) is 5.69 Å². The molecule has 1 saturated heterocycles. The predicted octanol–water partition coefficient (Wildman–Crippen LogP) is 4.73. The van der Waals surface area contributed by atoms with Crippen LogP contribution in [-0.4, -0.2) is 33.7 Å². The summed E-state index contributed by atoms with van der Waals surface area (Å²) < 4.78 is 15.1. The molecule has 1 aliphatic rings. The summed E-state index contributed by atoms with van der Waals surface area (Å²) in [5, 5.41) is 4.44. The highest BCUT2D eigenvalue weighted by Crippen LogP contribution is 2.28. The number of halogens is 1. The van der Waals surface area contributed by atoms with Crippen LogP contribution in [0.3, 0.4) is 0 Å². The minimum atomic E-state index is -0.228. The first-order valence-electron chi connectivity index (χ1n) is 9.78. The van der Waals surface area contributed by atoms with Gasteiger partial charge in [0.05, 0.1) is 23.1 Å². The summed E-state index contributed by atoms with van der Waals surface area (Å²) in [5.74, 6) is 0.0273. The summed E-state index contributed by atoms with van der Waals surface area (Å²) in [4.78, 5) is 15.2. The van der Waals surface area contributed by atoms with Gasteiger partial charge in [0, 0.05) is 19.0 Å². The Bertz CT molecular complexity index is 950. The Morgan fingerprint density at radius 2 is 1.82 bits per heavy atom. The second-order valence-corrected chi connectivity index (χ2v) is 7.39. The maximum Gasteiger partial charge on any atom is 0.257 e. The molecule has 1 aliphatic heterocycles. The van der Waals surface area contributed by atoms with Crippen LogP contribution >= 0.6 is 0 Å². The average molecular weight is 377 g/mol. The standard InChI is InChI=1S/C23H24FN3O/c1-17-22(15-25-27(17)21-8-3-2-4-9-21)23(28)26-14-6-5-7-19(16-26)18-10-12-20(24)13-11-18/h2-4,8-13,15,19H,5-7,14,16H2,1H3. The second-order valence-electron chi connectivity index (χ2n) is 7.39. The second kappa shape index (κ2) is 7.97. The first kappa shape index (κ1) is 18.4. The molecule has 5 heteroatoms. The molecule has 0 radical (unpaired) electrons. The van der Waals surface area contributed by atoms with Crippen LogP contribution in [0.4, 0.5) is 4.39 Å². The Morgan fingerprint density at radius 1 is 1.07 bits per heavy atom. The highest BCUT2D eigenvalue weighted by atomic mass is 19.1. The van der Waals surface area contributed by atoms with Gasteiger partial charge in [-0.15, -0.1) is 0 Å². The van der Waals surface area contributed by atoms with Gasteiger partial charge in [-0.2, -0.15) is 5.10 Å². The SMILES string of the molecule is Cc1c(C(=O)N2CCCCC(c3ccc(F)cc3)C2)cnn1-c1ccccc1. The molecule has 28 heavy (non-hydrogen) atoms. The zero-order chi connectivity index (χ0) is 19.5. The van der Waals surface area contributed by atoms with Gasteiger partial charge in [-0.25, -0.2) is 9.07 Å². The third-order valence-electron chi connectivity index (χ3n) is 5.54. The molecular formula is C23H24FN3O. The van der Waals surface area contributed by atoms with Crippen LogP contribution in [0.25, 0.3) is 5.69 Å². The number of para-hydroxylation sites is 1. The maximum absolute atomic E-state index is 13.3. The van der Waals surface area contributed by atoms with Gasteiger partial charge in [0.25, 0.3) is 5.91 Å². The van der Waals surface area contributed by atoms with Gasteiger partial charge in [0.2, 0.25) is 0 Å². The number of rotatable bonds is 3. The molecule has 4 nitrogen and oxygen atoms in total. The van der Waals surface area contributed by atoms with Gasteiger partial charge in [-0.3, -0.25) is 4.79 Å². The van der Waals surface area contributed by atoms with Gasteiger partial charge in [-0.05, 0) is 49.6 Å². The fourth-order valence-electron chi connectivity index (χ4n) is 3.95. The molecular weight excluding hydrogens is 353 g/mol. The highest BCUT2D eigenvalue weighted by Gasteiger charge is 2.26. The zero-order valence-electron chi connectivity index (χ0n) is 16.0. The molecule has 2 aromatic carbocycles. The van der Waals surface area contributed by atoms with Gasteiger partial charge in [-0.1, -0.05) is 36.8 Å². The maximum atomic E-state index is 13.3. The van der Waals surface area contributed by atoms with Crippen molar-refractivity contribution in [3.05, 3.63) is 83.4 Å². The van der Waals surface area contributed by atoms with Crippen LogP contribution in [0.15, 0.2) is 60.8 Å². The number of aromatic nitrogens is 2. The molecule has 1 unspecified atom stereocenters. The minimum Gasteiger partial charge on any atom is -0.338 e. The number of amides is 1. The number of carbonyl (C=O) groups is 1. The molecule has 0 spiro atoms. The Hall–Kier alpha value is -2.95. The van der Waals surface area contributed by atoms with Crippen LogP contribution in [0.1, 0.15) is 46.8 Å². The van der Waals surface area contributed by atoms with Crippen molar-refractivity contribution in [2.75, 3.05) is 13.1 Å². The van der Waals surface area contributed by atoms with Crippen LogP contribution in [0, 0.1) is 12.7 Å². The van der Waals surface area contributed by atoms with E-state index < -0.39 is 0 Å². The van der Waals surface area contributed by atoms with Crippen molar-refractivity contribution in [1.82, 2.24) is 14.7 Å². The van der Waals surface area contributed by atoms with Crippen molar-refractivity contribution >= 4 is 5.91 Å². The topological polar surface area (TPSA) is 38.1 Å². The van der Waals surface area contributed by atoms with Crippen molar-refractivity contribution in [2.45, 2.75) is 32.1 Å². The first-order valence-corrected chi connectivity index (χ1v) is 9.78. The monoisotopic (exact) mass is 377 g/mol. The lowest BCUT2D eigenvalue weighted by molar-refractivity contribution is 0.0753. The summed E-state index contributed by atoms with van der Waals surface area (Å²) >= 11 is 0. The number of likely N-dealkylation sites (tertiary alicyclic amines) is 1. The third-order valence-corrected chi connectivity index (χ3v) is 5.54. The van der Waals surface area contributed by atoms with E-state index in [1.54, 1.807) is 6.20 Å². The number of benzene rings is 2. The number of hydrogen-bond acceptors (Lipinski definition) is 2. The Morgan fingerprint density at radius 3 is 2.57 bits per heavy atom. The normalized spacial score (nSPS) is 17.4. The summed E-state index contributed by atoms with van der Waals surface area (Å²) in [5.41, 5.74) is 3.53. The number of hydrogen-bond donors (Lipinski definition) is 0. The van der Waals surface area contributed by atoms with E-state index in [1.165, 1.54) is 12.1 Å². The van der Waals surface area contributed by atoms with Crippen LogP contribution in [-0.2, 0) is 0 Å². The Balaban J connectivity index is 1.57. The predicted molar refractivity (Wildman–Crippen MR) is 107 cm³/mol. The molecule has 2 heterocycles. The van der Waals surface area contributed by atoms with E-state index >= 15 is 0 Å². The number of nitrogens with zero attached hydrogens (tertiary/aromatic N) is 3. The quantitative estimate of drug-likeness (QED) is 0.662. The van der Waals surface area contributed by atoms with E-state index in [4.69, 9.17) is 0 Å². The Kier molecular flexibility index (Phi) is 5.24. The molecule has 1 fully saturated rings. The number of carbonyl (C=O) groups excluding carboxylic acids is 1. The van der Waals surface area contributed by atoms with Crippen molar-refractivity contribution in [3.63, 3.8) is 0 Å². The van der Waals surface area contributed by atoms with Gasteiger partial charge in [0.15, 0.2) is 0 Å². The fraction of sp³-hybridized carbons (Fsp3) is 0.304. The average Bonchev–Trinajstić information content (AvgIpc) is 2.94. The summed E-state index contributed by atoms with van der Waals surface area (Å²) in [6, 6.07) is 16.5. The summed E-state index contributed by atoms with van der Waals surface area (Å²) in [6.45, 7) is 3.33. The molecule has 1 amide bonds. The lowest BCUT2D eigenvalue weighted by Crippen LogP contribution is -2.34. The highest BCUT2D eigenvalue weighted by molar-refractivity contribution is 5.95. The van der Waals surface area contributed by atoms with Crippen LogP contribution in [0.5, 0.6) is 0 Å². The molecule has 1 aromatic heterocycles. The van der Waals surface area contributed by atoms with Gasteiger partial charge < -0.3 is 4.90 Å². The van der Waals surface area contributed by atoms with E-state index in [0.29, 0.717) is 12.1 Å². The molecule has 0 aliphatic carbocycles. The smallest absolute Gasteiger partial charge is 0.257 e. The Labute approximate surface area is 164 Å².